The van der Waals surface area contributed by atoms with Crippen LogP contribution in [-0.2, 0) is 4.79 Å². The second-order valence-corrected chi connectivity index (χ2v) is 1.62. The number of amides is 1. The minimum absolute atomic E-state index is 0.132. The van der Waals surface area contributed by atoms with Gasteiger partial charge in [-0.3, -0.25) is 4.79 Å². The van der Waals surface area contributed by atoms with E-state index in [1.807, 2.05) is 0 Å². The molecule has 1 aliphatic rings. The molecule has 9 heavy (non-hydrogen) atoms. The van der Waals surface area contributed by atoms with Crippen molar-refractivity contribution in [3.05, 3.63) is 12.4 Å². The lowest BCUT2D eigenvalue weighted by atomic mass is 10.4. The van der Waals surface area contributed by atoms with E-state index < -0.39 is 5.91 Å². The molecule has 4 heteroatoms. The molecule has 0 saturated carbocycles. The van der Waals surface area contributed by atoms with E-state index in [4.69, 9.17) is 5.73 Å². The van der Waals surface area contributed by atoms with Gasteiger partial charge in [-0.1, -0.05) is 0 Å². The van der Waals surface area contributed by atoms with Gasteiger partial charge in [0.2, 0.25) is 5.91 Å². The van der Waals surface area contributed by atoms with Crippen LogP contribution in [0, 0.1) is 0 Å². The van der Waals surface area contributed by atoms with E-state index in [0.29, 0.717) is 5.84 Å². The van der Waals surface area contributed by atoms with Crippen LogP contribution in [-0.4, -0.2) is 11.7 Å². The Labute approximate surface area is 52.5 Å². The van der Waals surface area contributed by atoms with Crippen molar-refractivity contribution >= 4 is 11.7 Å². The molecule has 0 saturated heterocycles. The predicted molar refractivity (Wildman–Crippen MR) is 32.5 cm³/mol. The minimum atomic E-state index is -0.402. The smallest absolute Gasteiger partial charge is 0.225 e. The average Bonchev–Trinajstić information content (AvgIpc) is 2.15. The van der Waals surface area contributed by atoms with Gasteiger partial charge in [0.15, 0.2) is 0 Å². The normalized spacial score (nSPS) is 14.9. The maximum absolute atomic E-state index is 10.2. The number of rotatable bonds is 2. The Morgan fingerprint density at radius 1 is 1.67 bits per heavy atom. The van der Waals surface area contributed by atoms with Crippen LogP contribution in [0.3, 0.4) is 0 Å². The molecule has 47 valence electrons. The highest BCUT2D eigenvalue weighted by Gasteiger charge is 2.04. The number of carbonyl (C=O) groups is 1. The Hall–Kier alpha value is -1.32. The van der Waals surface area contributed by atoms with E-state index in [2.05, 4.69) is 10.3 Å². The van der Waals surface area contributed by atoms with Gasteiger partial charge in [-0.25, -0.2) is 10.3 Å². The van der Waals surface area contributed by atoms with Gasteiger partial charge < -0.3 is 5.73 Å². The van der Waals surface area contributed by atoms with Crippen molar-refractivity contribution in [3.8, 4) is 0 Å². The Morgan fingerprint density at radius 3 is 2.89 bits per heavy atom. The van der Waals surface area contributed by atoms with E-state index in [0.717, 1.165) is 0 Å². The van der Waals surface area contributed by atoms with E-state index in [1.54, 1.807) is 0 Å². The number of aliphatic imine (C=N–C) groups is 1. The third-order valence-corrected chi connectivity index (χ3v) is 0.846. The molecule has 0 aromatic rings. The fourth-order valence-corrected chi connectivity index (χ4v) is 0.519. The molecule has 0 aliphatic carbocycles. The van der Waals surface area contributed by atoms with Crippen LogP contribution >= 0.6 is 0 Å². The summed E-state index contributed by atoms with van der Waals surface area (Å²) in [5.74, 6) is 0.0868. The van der Waals surface area contributed by atoms with Crippen molar-refractivity contribution < 1.29 is 4.79 Å². The van der Waals surface area contributed by atoms with Crippen LogP contribution in [0.5, 0.6) is 0 Å². The molecule has 0 aromatic carbocycles. The fraction of sp³-hybridized carbons (Fsp3) is 0.200. The van der Waals surface area contributed by atoms with E-state index in [-0.39, 0.29) is 6.42 Å². The molecule has 1 heterocycles. The van der Waals surface area contributed by atoms with Crippen LogP contribution in [0.2, 0.25) is 0 Å². The summed E-state index contributed by atoms with van der Waals surface area (Å²) < 4.78 is 0. The number of nitrogens with two attached hydrogens (primary N) is 1. The summed E-state index contributed by atoms with van der Waals surface area (Å²) in [6.07, 6.45) is 3.18. The van der Waals surface area contributed by atoms with Crippen LogP contribution in [0.4, 0.5) is 0 Å². The number of hydrogen-bond acceptors (Lipinski definition) is 2. The molecule has 1 amide bonds. The maximum atomic E-state index is 10.2. The van der Waals surface area contributed by atoms with Gasteiger partial charge in [0.25, 0.3) is 0 Å². The summed E-state index contributed by atoms with van der Waals surface area (Å²) >= 11 is 0. The average molecular weight is 124 g/mol. The number of amidine groups is 1. The molecule has 1 radical (unpaired) electrons. The van der Waals surface area contributed by atoms with Gasteiger partial charge in [-0.2, -0.15) is 0 Å². The number of primary amides is 1. The van der Waals surface area contributed by atoms with Crippen molar-refractivity contribution in [1.82, 2.24) is 5.32 Å². The van der Waals surface area contributed by atoms with E-state index >= 15 is 0 Å². The largest absolute Gasteiger partial charge is 0.369 e. The summed E-state index contributed by atoms with van der Waals surface area (Å²) in [7, 11) is 0. The molecule has 0 spiro atoms. The first-order valence-electron chi connectivity index (χ1n) is 2.50. The van der Waals surface area contributed by atoms with Crippen molar-refractivity contribution in [2.45, 2.75) is 6.42 Å². The van der Waals surface area contributed by atoms with Gasteiger partial charge in [-0.15, -0.1) is 0 Å². The lowest BCUT2D eigenvalue weighted by Gasteiger charge is -1.91. The standard InChI is InChI=1S/C5H6N3O/c6-4(9)3-5-7-1-2-8-5/h1-2H,3H2,(H2,6,9). The van der Waals surface area contributed by atoms with Gasteiger partial charge in [-0.05, 0) is 0 Å². The van der Waals surface area contributed by atoms with Gasteiger partial charge in [0.05, 0.1) is 6.42 Å². The highest BCUT2D eigenvalue weighted by molar-refractivity contribution is 6.00. The summed E-state index contributed by atoms with van der Waals surface area (Å²) in [5, 5.41) is 3.74. The summed E-state index contributed by atoms with van der Waals surface area (Å²) in [6, 6.07) is 0. The van der Waals surface area contributed by atoms with Gasteiger partial charge >= 0.3 is 0 Å². The SMILES string of the molecule is NC(=O)CC1=NC=C[N]1. The zero-order chi connectivity index (χ0) is 6.69. The maximum Gasteiger partial charge on any atom is 0.225 e. The molecule has 0 aromatic heterocycles. The van der Waals surface area contributed by atoms with Crippen molar-refractivity contribution in [1.29, 1.82) is 0 Å². The molecular weight excluding hydrogens is 118 g/mol. The molecule has 0 unspecified atom stereocenters. The molecule has 2 N–H and O–H groups in total. The first-order valence-corrected chi connectivity index (χ1v) is 2.50. The monoisotopic (exact) mass is 124 g/mol. The van der Waals surface area contributed by atoms with Gasteiger partial charge in [0.1, 0.15) is 5.84 Å². The van der Waals surface area contributed by atoms with Crippen molar-refractivity contribution in [3.63, 3.8) is 0 Å². The second-order valence-electron chi connectivity index (χ2n) is 1.62. The van der Waals surface area contributed by atoms with Crippen molar-refractivity contribution in [2.75, 3.05) is 0 Å². The van der Waals surface area contributed by atoms with Gasteiger partial charge in [0, 0.05) is 12.4 Å². The first-order chi connectivity index (χ1) is 4.29. The Morgan fingerprint density at radius 2 is 2.44 bits per heavy atom. The quantitative estimate of drug-likeness (QED) is 0.522. The van der Waals surface area contributed by atoms with Crippen molar-refractivity contribution in [2.24, 2.45) is 10.7 Å². The van der Waals surface area contributed by atoms with Crippen LogP contribution in [0.1, 0.15) is 6.42 Å². The first kappa shape index (κ1) is 5.81. The molecule has 0 bridgehead atoms. The highest BCUT2D eigenvalue weighted by Crippen LogP contribution is 1.92. The molecule has 1 rings (SSSR count). The summed E-state index contributed by atoms with van der Waals surface area (Å²) in [5.41, 5.74) is 4.86. The Bertz CT molecular complexity index is 183. The molecular formula is C5H6N3O. The molecule has 1 aliphatic heterocycles. The summed E-state index contributed by atoms with van der Waals surface area (Å²) in [6.45, 7) is 0. The third kappa shape index (κ3) is 1.56. The third-order valence-electron chi connectivity index (χ3n) is 0.846. The Kier molecular flexibility index (Phi) is 1.48. The molecule has 0 atom stereocenters. The molecule has 0 fully saturated rings. The number of carbonyl (C=O) groups excluding carboxylic acids is 1. The van der Waals surface area contributed by atoms with E-state index in [9.17, 15) is 4.79 Å². The zero-order valence-corrected chi connectivity index (χ0v) is 4.74. The summed E-state index contributed by atoms with van der Waals surface area (Å²) in [4.78, 5) is 14.0. The molecule has 4 nitrogen and oxygen atoms in total. The van der Waals surface area contributed by atoms with Crippen LogP contribution in [0.15, 0.2) is 17.4 Å². The lowest BCUT2D eigenvalue weighted by Crippen LogP contribution is -2.19. The minimum Gasteiger partial charge on any atom is -0.369 e. The van der Waals surface area contributed by atoms with Crippen LogP contribution < -0.4 is 11.1 Å². The topological polar surface area (TPSA) is 69.6 Å². The van der Waals surface area contributed by atoms with Crippen LogP contribution in [0.25, 0.3) is 0 Å². The second kappa shape index (κ2) is 2.30. The van der Waals surface area contributed by atoms with E-state index in [1.165, 1.54) is 12.4 Å². The Balaban J connectivity index is 2.39. The predicted octanol–water partition coefficient (Wildman–Crippen LogP) is -0.651. The number of nitrogens with zero attached hydrogens (tertiary/aromatic N) is 2. The zero-order valence-electron chi connectivity index (χ0n) is 4.74. The fourth-order valence-electron chi connectivity index (χ4n) is 0.519. The highest BCUT2D eigenvalue weighted by atomic mass is 16.1. The number of hydrogen-bond donors (Lipinski definition) is 1. The lowest BCUT2D eigenvalue weighted by molar-refractivity contribution is -0.116.